The Kier molecular flexibility index (Phi) is 3.88. The first-order valence-electron chi connectivity index (χ1n) is 4.93. The fourth-order valence-corrected chi connectivity index (χ4v) is 2.55. The summed E-state index contributed by atoms with van der Waals surface area (Å²) in [4.78, 5) is 0. The second-order valence-electron chi connectivity index (χ2n) is 4.06. The van der Waals surface area contributed by atoms with Crippen molar-refractivity contribution in [3.05, 3.63) is 0 Å². The van der Waals surface area contributed by atoms with Crippen LogP contribution in [0.3, 0.4) is 0 Å². The predicted octanol–water partition coefficient (Wildman–Crippen LogP) is -0.348. The zero-order valence-electron chi connectivity index (χ0n) is 8.73. The molecule has 1 fully saturated rings. The lowest BCUT2D eigenvalue weighted by Crippen LogP contribution is -2.51. The van der Waals surface area contributed by atoms with Gasteiger partial charge in [-0.25, -0.2) is 5.14 Å². The molecule has 0 aromatic heterocycles. The highest BCUT2D eigenvalue weighted by Crippen LogP contribution is 2.12. The van der Waals surface area contributed by atoms with Gasteiger partial charge in [-0.15, -0.1) is 0 Å². The first-order chi connectivity index (χ1) is 6.39. The van der Waals surface area contributed by atoms with E-state index in [1.807, 2.05) is 0 Å². The van der Waals surface area contributed by atoms with E-state index in [-0.39, 0.29) is 6.04 Å². The number of nitrogens with one attached hydrogen (secondary N) is 1. The molecule has 84 valence electrons. The van der Waals surface area contributed by atoms with Crippen LogP contribution in [-0.2, 0) is 10.2 Å². The molecule has 0 aliphatic carbocycles. The third-order valence-corrected chi connectivity index (χ3v) is 3.36. The van der Waals surface area contributed by atoms with Gasteiger partial charge in [-0.3, -0.25) is 0 Å². The Labute approximate surface area is 85.8 Å². The average molecular weight is 221 g/mol. The topological polar surface area (TPSA) is 75.4 Å². The molecule has 0 amide bonds. The summed E-state index contributed by atoms with van der Waals surface area (Å²) in [6.45, 7) is 5.15. The maximum atomic E-state index is 11.1. The van der Waals surface area contributed by atoms with Gasteiger partial charge in [-0.1, -0.05) is 13.8 Å². The molecule has 3 N–H and O–H groups in total. The van der Waals surface area contributed by atoms with Gasteiger partial charge in [-0.2, -0.15) is 12.7 Å². The Balaban J connectivity index is 2.52. The number of hydrogen-bond donors (Lipinski definition) is 2. The van der Waals surface area contributed by atoms with Crippen molar-refractivity contribution in [2.45, 2.75) is 38.8 Å². The lowest BCUT2D eigenvalue weighted by molar-refractivity contribution is 0.273. The van der Waals surface area contributed by atoms with Gasteiger partial charge >= 0.3 is 0 Å². The molecule has 1 rings (SSSR count). The zero-order valence-corrected chi connectivity index (χ0v) is 9.55. The minimum atomic E-state index is -3.50. The SMILES string of the molecule is CC(C)NC1CCCN(S(N)(=O)=O)C1. The fourth-order valence-electron chi connectivity index (χ4n) is 1.78. The number of nitrogens with two attached hydrogens (primary N) is 1. The summed E-state index contributed by atoms with van der Waals surface area (Å²) in [6.07, 6.45) is 1.89. The van der Waals surface area contributed by atoms with E-state index in [0.29, 0.717) is 19.1 Å². The highest BCUT2D eigenvalue weighted by atomic mass is 32.2. The van der Waals surface area contributed by atoms with E-state index in [4.69, 9.17) is 5.14 Å². The quantitative estimate of drug-likeness (QED) is 0.684. The molecule has 5 nitrogen and oxygen atoms in total. The molecule has 1 heterocycles. The molecule has 6 heteroatoms. The number of nitrogens with zero attached hydrogens (tertiary/aromatic N) is 1. The van der Waals surface area contributed by atoms with Crippen molar-refractivity contribution in [2.24, 2.45) is 5.14 Å². The van der Waals surface area contributed by atoms with Gasteiger partial charge in [0.25, 0.3) is 10.2 Å². The zero-order chi connectivity index (χ0) is 10.8. The minimum Gasteiger partial charge on any atom is -0.310 e. The minimum absolute atomic E-state index is 0.238. The van der Waals surface area contributed by atoms with Crippen LogP contribution in [0.4, 0.5) is 0 Å². The third-order valence-electron chi connectivity index (χ3n) is 2.31. The highest BCUT2D eigenvalue weighted by molar-refractivity contribution is 7.86. The van der Waals surface area contributed by atoms with Crippen molar-refractivity contribution >= 4 is 10.2 Å². The second-order valence-corrected chi connectivity index (χ2v) is 5.61. The van der Waals surface area contributed by atoms with E-state index in [1.165, 1.54) is 4.31 Å². The first-order valence-corrected chi connectivity index (χ1v) is 6.44. The second kappa shape index (κ2) is 4.57. The Bertz CT molecular complexity index is 276. The van der Waals surface area contributed by atoms with Crippen LogP contribution in [0.25, 0.3) is 0 Å². The fraction of sp³-hybridized carbons (Fsp3) is 1.00. The van der Waals surface area contributed by atoms with Gasteiger partial charge in [0.15, 0.2) is 0 Å². The molecule has 1 atom stereocenters. The molecular weight excluding hydrogens is 202 g/mol. The van der Waals surface area contributed by atoms with Gasteiger partial charge < -0.3 is 5.32 Å². The van der Waals surface area contributed by atoms with Crippen LogP contribution in [0, 0.1) is 0 Å². The van der Waals surface area contributed by atoms with Crippen molar-refractivity contribution < 1.29 is 8.42 Å². The van der Waals surface area contributed by atoms with Gasteiger partial charge in [0, 0.05) is 25.2 Å². The van der Waals surface area contributed by atoms with E-state index >= 15 is 0 Å². The van der Waals surface area contributed by atoms with Crippen LogP contribution in [0.5, 0.6) is 0 Å². The van der Waals surface area contributed by atoms with Gasteiger partial charge in [0.1, 0.15) is 0 Å². The Hall–Kier alpha value is -0.170. The van der Waals surface area contributed by atoms with Crippen LogP contribution in [0.2, 0.25) is 0 Å². The van der Waals surface area contributed by atoms with E-state index in [2.05, 4.69) is 19.2 Å². The van der Waals surface area contributed by atoms with Crippen molar-refractivity contribution in [2.75, 3.05) is 13.1 Å². The van der Waals surface area contributed by atoms with Crippen molar-refractivity contribution in [3.8, 4) is 0 Å². The molecule has 1 aliphatic rings. The van der Waals surface area contributed by atoms with Crippen LogP contribution in [0.15, 0.2) is 0 Å². The van der Waals surface area contributed by atoms with Gasteiger partial charge in [0.2, 0.25) is 0 Å². The van der Waals surface area contributed by atoms with Gasteiger partial charge in [-0.05, 0) is 12.8 Å². The van der Waals surface area contributed by atoms with Crippen molar-refractivity contribution in [1.29, 1.82) is 0 Å². The van der Waals surface area contributed by atoms with E-state index in [0.717, 1.165) is 12.8 Å². The third kappa shape index (κ3) is 3.53. The van der Waals surface area contributed by atoms with Crippen LogP contribution in [0.1, 0.15) is 26.7 Å². The lowest BCUT2D eigenvalue weighted by atomic mass is 10.1. The molecule has 0 bridgehead atoms. The summed E-state index contributed by atoms with van der Waals surface area (Å²) >= 11 is 0. The van der Waals surface area contributed by atoms with Crippen molar-refractivity contribution in [1.82, 2.24) is 9.62 Å². The Morgan fingerprint density at radius 3 is 2.64 bits per heavy atom. The largest absolute Gasteiger partial charge is 0.310 e. The maximum Gasteiger partial charge on any atom is 0.276 e. The Morgan fingerprint density at radius 2 is 2.14 bits per heavy atom. The van der Waals surface area contributed by atoms with E-state index in [1.54, 1.807) is 0 Å². The lowest BCUT2D eigenvalue weighted by Gasteiger charge is -2.32. The summed E-state index contributed by atoms with van der Waals surface area (Å²) in [5.41, 5.74) is 0. The normalized spacial score (nSPS) is 25.6. The smallest absolute Gasteiger partial charge is 0.276 e. The summed E-state index contributed by atoms with van der Waals surface area (Å²) in [5.74, 6) is 0. The molecule has 1 saturated heterocycles. The predicted molar refractivity (Wildman–Crippen MR) is 56.0 cm³/mol. The summed E-state index contributed by atoms with van der Waals surface area (Å²) in [6, 6.07) is 0.613. The highest BCUT2D eigenvalue weighted by Gasteiger charge is 2.26. The van der Waals surface area contributed by atoms with Crippen LogP contribution >= 0.6 is 0 Å². The standard InChI is InChI=1S/C8H19N3O2S/c1-7(2)10-8-4-3-5-11(6-8)14(9,12)13/h7-8,10H,3-6H2,1-2H3,(H2,9,12,13). The van der Waals surface area contributed by atoms with Crippen molar-refractivity contribution in [3.63, 3.8) is 0 Å². The summed E-state index contributed by atoms with van der Waals surface area (Å²) in [5, 5.41) is 8.40. The average Bonchev–Trinajstić information content (AvgIpc) is 2.01. The molecule has 14 heavy (non-hydrogen) atoms. The Morgan fingerprint density at radius 1 is 1.50 bits per heavy atom. The number of rotatable bonds is 3. The molecular formula is C8H19N3O2S. The molecule has 0 aromatic rings. The summed E-state index contributed by atoms with van der Waals surface area (Å²) in [7, 11) is -3.50. The molecule has 0 radical (unpaired) electrons. The van der Waals surface area contributed by atoms with Crippen LogP contribution in [-0.4, -0.2) is 37.9 Å². The molecule has 1 unspecified atom stereocenters. The molecule has 0 saturated carbocycles. The molecule has 0 spiro atoms. The molecule has 0 aromatic carbocycles. The maximum absolute atomic E-state index is 11.1. The monoisotopic (exact) mass is 221 g/mol. The first kappa shape index (κ1) is 11.9. The van der Waals surface area contributed by atoms with Gasteiger partial charge in [0.05, 0.1) is 0 Å². The van der Waals surface area contributed by atoms with E-state index < -0.39 is 10.2 Å². The van der Waals surface area contributed by atoms with Crippen LogP contribution < -0.4 is 10.5 Å². The molecule has 1 aliphatic heterocycles. The number of hydrogen-bond acceptors (Lipinski definition) is 3. The summed E-state index contributed by atoms with van der Waals surface area (Å²) < 4.78 is 23.5. The van der Waals surface area contributed by atoms with E-state index in [9.17, 15) is 8.42 Å². The number of piperidine rings is 1.